The largest absolute Gasteiger partial charge is 0.480 e. The fraction of sp³-hybridized carbons (Fsp3) is 0.154. The van der Waals surface area contributed by atoms with Crippen molar-refractivity contribution in [3.8, 4) is 0 Å². The highest BCUT2D eigenvalue weighted by Crippen LogP contribution is 2.24. The molecular weight excluding hydrogens is 284 g/mol. The Morgan fingerprint density at radius 1 is 1.30 bits per heavy atom. The van der Waals surface area contributed by atoms with Crippen molar-refractivity contribution in [1.82, 2.24) is 4.98 Å². The maximum Gasteiger partial charge on any atom is 0.339 e. The van der Waals surface area contributed by atoms with Crippen LogP contribution in [0.15, 0.2) is 24.3 Å². The zero-order valence-electron chi connectivity index (χ0n) is 10.4. The van der Waals surface area contributed by atoms with E-state index in [2.05, 4.69) is 10.3 Å². The highest BCUT2D eigenvalue weighted by molar-refractivity contribution is 6.31. The van der Waals surface area contributed by atoms with Crippen molar-refractivity contribution in [3.05, 3.63) is 34.9 Å². The molecule has 104 valence electrons. The molecule has 0 bridgehead atoms. The third kappa shape index (κ3) is 2.80. The summed E-state index contributed by atoms with van der Waals surface area (Å²) in [4.78, 5) is 26.2. The Bertz CT molecular complexity index is 702. The second kappa shape index (κ2) is 5.34. The van der Waals surface area contributed by atoms with Crippen LogP contribution in [-0.2, 0) is 4.79 Å². The van der Waals surface area contributed by atoms with Gasteiger partial charge in [0.2, 0.25) is 0 Å². The second-order valence-corrected chi connectivity index (χ2v) is 4.67. The zero-order valence-corrected chi connectivity index (χ0v) is 11.2. The average Bonchev–Trinajstić information content (AvgIpc) is 2.37. The van der Waals surface area contributed by atoms with Gasteiger partial charge in [-0.25, -0.2) is 9.78 Å². The van der Waals surface area contributed by atoms with Gasteiger partial charge in [0.05, 0.1) is 5.52 Å². The van der Waals surface area contributed by atoms with E-state index in [4.69, 9.17) is 16.7 Å². The number of hydrogen-bond acceptors (Lipinski definition) is 4. The molecule has 2 rings (SSSR count). The van der Waals surface area contributed by atoms with Crippen molar-refractivity contribution >= 4 is 40.3 Å². The average molecular weight is 295 g/mol. The summed E-state index contributed by atoms with van der Waals surface area (Å²) in [6.45, 7) is 1.40. The van der Waals surface area contributed by atoms with E-state index < -0.39 is 18.0 Å². The number of nitrogens with one attached hydrogen (secondary N) is 1. The number of pyridine rings is 1. The van der Waals surface area contributed by atoms with Gasteiger partial charge in [0.25, 0.3) is 0 Å². The summed E-state index contributed by atoms with van der Waals surface area (Å²) in [5.41, 5.74) is 0.423. The van der Waals surface area contributed by atoms with Gasteiger partial charge in [-0.1, -0.05) is 11.6 Å². The van der Waals surface area contributed by atoms with Crippen LogP contribution in [0.2, 0.25) is 5.02 Å². The molecule has 1 unspecified atom stereocenters. The Labute approximate surface area is 119 Å². The van der Waals surface area contributed by atoms with Gasteiger partial charge in [0, 0.05) is 10.4 Å². The number of benzene rings is 1. The van der Waals surface area contributed by atoms with Crippen LogP contribution in [-0.4, -0.2) is 33.2 Å². The van der Waals surface area contributed by atoms with Crippen molar-refractivity contribution < 1.29 is 19.8 Å². The topological polar surface area (TPSA) is 99.5 Å². The second-order valence-electron chi connectivity index (χ2n) is 4.23. The normalized spacial score (nSPS) is 12.1. The monoisotopic (exact) mass is 294 g/mol. The number of aliphatic carboxylic acids is 1. The van der Waals surface area contributed by atoms with Crippen molar-refractivity contribution in [1.29, 1.82) is 0 Å². The number of carboxylic acid groups (broad SMARTS) is 2. The Kier molecular flexibility index (Phi) is 3.76. The molecule has 0 fully saturated rings. The summed E-state index contributed by atoms with van der Waals surface area (Å²) in [5, 5.41) is 21.7. The molecule has 2 aromatic rings. The number of aromatic nitrogens is 1. The summed E-state index contributed by atoms with van der Waals surface area (Å²) >= 11 is 5.85. The minimum atomic E-state index is -1.19. The van der Waals surface area contributed by atoms with Gasteiger partial charge < -0.3 is 15.5 Å². The number of fused-ring (bicyclic) bond motifs is 1. The highest BCUT2D eigenvalue weighted by atomic mass is 35.5. The lowest BCUT2D eigenvalue weighted by Gasteiger charge is -2.13. The summed E-state index contributed by atoms with van der Waals surface area (Å²) in [6.07, 6.45) is 0. The number of rotatable bonds is 4. The predicted octanol–water partition coefficient (Wildman–Crippen LogP) is 2.47. The first-order chi connectivity index (χ1) is 9.38. The first-order valence-corrected chi connectivity index (χ1v) is 6.09. The van der Waals surface area contributed by atoms with Gasteiger partial charge in [-0.2, -0.15) is 0 Å². The molecule has 0 aliphatic rings. The van der Waals surface area contributed by atoms with Gasteiger partial charge in [0.1, 0.15) is 17.4 Å². The Morgan fingerprint density at radius 3 is 2.60 bits per heavy atom. The molecule has 0 spiro atoms. The molecule has 0 aliphatic heterocycles. The molecule has 0 saturated carbocycles. The lowest BCUT2D eigenvalue weighted by Crippen LogP contribution is -2.27. The minimum Gasteiger partial charge on any atom is -0.480 e. The summed E-state index contributed by atoms with van der Waals surface area (Å²) in [5.74, 6) is -2.28. The number of nitrogens with zero attached hydrogens (tertiary/aromatic N) is 1. The standard InChI is InChI=1S/C13H11ClN2O4/c1-6(12(17)18)15-11-9(13(19)20)5-7-4-8(14)2-3-10(7)16-11/h2-6H,1H3,(H,15,16)(H,17,18)(H,19,20). The fourth-order valence-corrected chi connectivity index (χ4v) is 1.87. The van der Waals surface area contributed by atoms with E-state index in [0.29, 0.717) is 15.9 Å². The van der Waals surface area contributed by atoms with Gasteiger partial charge >= 0.3 is 11.9 Å². The molecule has 20 heavy (non-hydrogen) atoms. The van der Waals surface area contributed by atoms with E-state index in [-0.39, 0.29) is 11.4 Å². The Morgan fingerprint density at radius 2 is 2.00 bits per heavy atom. The number of halogens is 1. The molecule has 0 aliphatic carbocycles. The fourth-order valence-electron chi connectivity index (χ4n) is 1.69. The maximum atomic E-state index is 11.2. The third-order valence-corrected chi connectivity index (χ3v) is 2.97. The number of anilines is 1. The lowest BCUT2D eigenvalue weighted by molar-refractivity contribution is -0.137. The van der Waals surface area contributed by atoms with Crippen LogP contribution < -0.4 is 5.32 Å². The van der Waals surface area contributed by atoms with Crippen molar-refractivity contribution in [2.45, 2.75) is 13.0 Å². The molecule has 0 radical (unpaired) electrons. The molecule has 0 amide bonds. The highest BCUT2D eigenvalue weighted by Gasteiger charge is 2.18. The molecule has 1 heterocycles. The first kappa shape index (κ1) is 14.1. The molecule has 3 N–H and O–H groups in total. The molecule has 6 nitrogen and oxygen atoms in total. The summed E-state index contributed by atoms with van der Waals surface area (Å²) < 4.78 is 0. The number of carboxylic acids is 2. The SMILES string of the molecule is CC(Nc1nc2ccc(Cl)cc2cc1C(=O)O)C(=O)O. The van der Waals surface area contributed by atoms with Gasteiger partial charge in [0.15, 0.2) is 0 Å². The van der Waals surface area contributed by atoms with Gasteiger partial charge in [-0.05, 0) is 31.2 Å². The van der Waals surface area contributed by atoms with Crippen LogP contribution in [0.5, 0.6) is 0 Å². The van der Waals surface area contributed by atoms with Crippen LogP contribution in [0, 0.1) is 0 Å². The van der Waals surface area contributed by atoms with E-state index >= 15 is 0 Å². The van der Waals surface area contributed by atoms with Crippen molar-refractivity contribution in [2.75, 3.05) is 5.32 Å². The molecule has 1 aromatic heterocycles. The van der Waals surface area contributed by atoms with Crippen LogP contribution >= 0.6 is 11.6 Å². The van der Waals surface area contributed by atoms with E-state index in [1.54, 1.807) is 18.2 Å². The van der Waals surface area contributed by atoms with E-state index in [9.17, 15) is 14.7 Å². The number of carbonyl (C=O) groups is 2. The van der Waals surface area contributed by atoms with E-state index in [1.165, 1.54) is 13.0 Å². The Hall–Kier alpha value is -2.34. The van der Waals surface area contributed by atoms with Crippen LogP contribution in [0.3, 0.4) is 0 Å². The van der Waals surface area contributed by atoms with E-state index in [0.717, 1.165) is 0 Å². The van der Waals surface area contributed by atoms with E-state index in [1.807, 2.05) is 0 Å². The molecule has 0 saturated heterocycles. The first-order valence-electron chi connectivity index (χ1n) is 5.71. The van der Waals surface area contributed by atoms with Crippen LogP contribution in [0.4, 0.5) is 5.82 Å². The third-order valence-electron chi connectivity index (χ3n) is 2.73. The smallest absolute Gasteiger partial charge is 0.339 e. The Balaban J connectivity index is 2.56. The van der Waals surface area contributed by atoms with Gasteiger partial charge in [-0.3, -0.25) is 4.79 Å². The molecule has 7 heteroatoms. The lowest BCUT2D eigenvalue weighted by atomic mass is 10.1. The number of hydrogen-bond donors (Lipinski definition) is 3. The molecule has 1 aromatic carbocycles. The quantitative estimate of drug-likeness (QED) is 0.801. The van der Waals surface area contributed by atoms with Crippen molar-refractivity contribution in [2.24, 2.45) is 0 Å². The summed E-state index contributed by atoms with van der Waals surface area (Å²) in [7, 11) is 0. The van der Waals surface area contributed by atoms with Crippen LogP contribution in [0.25, 0.3) is 10.9 Å². The predicted molar refractivity (Wildman–Crippen MR) is 74.4 cm³/mol. The zero-order chi connectivity index (χ0) is 14.9. The summed E-state index contributed by atoms with van der Waals surface area (Å²) in [6, 6.07) is 5.32. The van der Waals surface area contributed by atoms with Crippen molar-refractivity contribution in [3.63, 3.8) is 0 Å². The molecule has 1 atom stereocenters. The molecular formula is C13H11ClN2O4. The number of aromatic carboxylic acids is 1. The maximum absolute atomic E-state index is 11.2. The van der Waals surface area contributed by atoms with Gasteiger partial charge in [-0.15, -0.1) is 0 Å². The van der Waals surface area contributed by atoms with Crippen LogP contribution in [0.1, 0.15) is 17.3 Å². The minimum absolute atomic E-state index is 0.0159.